The Morgan fingerprint density at radius 3 is 0.750 bits per heavy atom. The van der Waals surface area contributed by atoms with Crippen LogP contribution in [0.5, 0.6) is 0 Å². The van der Waals surface area contributed by atoms with E-state index in [2.05, 4.69) is 0 Å². The number of hydrogen-bond donors (Lipinski definition) is 0. The first-order valence-electron chi connectivity index (χ1n) is 1.63. The van der Waals surface area contributed by atoms with Crippen molar-refractivity contribution < 1.29 is 26.3 Å². The molecule has 12 heavy (non-hydrogen) atoms. The van der Waals surface area contributed by atoms with Gasteiger partial charge in [0, 0.05) is 0 Å². The molecule has 0 aliphatic carbocycles. The molecule has 0 aromatic carbocycles. The smallest absolute Gasteiger partial charge is 0.167 e. The summed E-state index contributed by atoms with van der Waals surface area (Å²) in [5, 5.41) is 0. The van der Waals surface area contributed by atoms with Gasteiger partial charge in [-0.25, -0.2) is 0 Å². The minimum atomic E-state index is -5.11. The Kier molecular flexibility index (Phi) is 14.0. The first-order valence-corrected chi connectivity index (χ1v) is 2.63. The Balaban J connectivity index is -0.000000107. The van der Waals surface area contributed by atoms with Crippen LogP contribution in [0.15, 0.2) is 0 Å². The maximum Gasteiger partial charge on any atom is 0.411 e. The van der Waals surface area contributed by atoms with Crippen LogP contribution in [0.1, 0.15) is 0 Å². The maximum absolute atomic E-state index is 10.8. The largest absolute Gasteiger partial charge is 0.411 e. The highest BCUT2D eigenvalue weighted by Gasteiger charge is 2.43. The van der Waals surface area contributed by atoms with Crippen molar-refractivity contribution >= 4 is 45.8 Å². The zero-order chi connectivity index (χ0) is 7.71. The van der Waals surface area contributed by atoms with Gasteiger partial charge in [0.25, 0.3) is 0 Å². The van der Waals surface area contributed by atoms with Crippen LogP contribution in [0.4, 0.5) is 26.3 Å². The third-order valence-corrected chi connectivity index (χ3v) is 0.850. The fourth-order valence-corrected chi connectivity index (χ4v) is 0.482. The van der Waals surface area contributed by atoms with Gasteiger partial charge >= 0.3 is 11.8 Å². The minimum Gasteiger partial charge on any atom is -0.167 e. The second-order valence-corrected chi connectivity index (χ2v) is 2.50. The van der Waals surface area contributed by atoms with Crippen molar-refractivity contribution in [3.8, 4) is 0 Å². The summed E-state index contributed by atoms with van der Waals surface area (Å²) >= 11 is 0. The number of alkyl halides is 6. The summed E-state index contributed by atoms with van der Waals surface area (Å²) in [4.78, 5) is 0. The number of rotatable bonds is 0. The SMILES string of the molecule is Cl.Cl.Cl.FC(F)(F)PC(F)(F)F. The van der Waals surface area contributed by atoms with E-state index in [-0.39, 0.29) is 37.2 Å². The summed E-state index contributed by atoms with van der Waals surface area (Å²) < 4.78 is 65.1. The molecular weight excluding hydrogens is 275 g/mol. The predicted octanol–water partition coefficient (Wildman–Crippen LogP) is 3.97. The highest BCUT2D eigenvalue weighted by molar-refractivity contribution is 7.40. The molecule has 0 bridgehead atoms. The molecule has 0 fully saturated rings. The van der Waals surface area contributed by atoms with Gasteiger partial charge in [-0.15, -0.1) is 37.2 Å². The number of hydrogen-bond acceptors (Lipinski definition) is 0. The highest BCUT2D eigenvalue weighted by Crippen LogP contribution is 2.49. The van der Waals surface area contributed by atoms with Crippen LogP contribution >= 0.6 is 45.8 Å². The normalized spacial score (nSPS) is 10.5. The van der Waals surface area contributed by atoms with Gasteiger partial charge in [-0.3, -0.25) is 0 Å². The molecule has 0 rings (SSSR count). The minimum absolute atomic E-state index is 0. The quantitative estimate of drug-likeness (QED) is 0.465. The third-order valence-electron chi connectivity index (χ3n) is 0.283. The molecule has 0 spiro atoms. The molecule has 0 radical (unpaired) electrons. The lowest BCUT2D eigenvalue weighted by molar-refractivity contribution is -0.0775. The van der Waals surface area contributed by atoms with Gasteiger partial charge in [0.15, 0.2) is 0 Å². The summed E-state index contributed by atoms with van der Waals surface area (Å²) in [6.07, 6.45) is 0. The summed E-state index contributed by atoms with van der Waals surface area (Å²) in [5.74, 6) is -10.2. The van der Waals surface area contributed by atoms with E-state index in [4.69, 9.17) is 0 Å². The van der Waals surface area contributed by atoms with Crippen LogP contribution in [0.3, 0.4) is 0 Å². The summed E-state index contributed by atoms with van der Waals surface area (Å²) in [6, 6.07) is 0. The van der Waals surface area contributed by atoms with Crippen molar-refractivity contribution in [3.05, 3.63) is 0 Å². The zero-order valence-corrected chi connectivity index (χ0v) is 8.44. The molecule has 0 heterocycles. The summed E-state index contributed by atoms with van der Waals surface area (Å²) in [5.41, 5.74) is 0. The molecule has 10 heteroatoms. The van der Waals surface area contributed by atoms with Gasteiger partial charge in [-0.1, -0.05) is 0 Å². The molecular formula is C2H4Cl3F6P. The Morgan fingerprint density at radius 1 is 0.583 bits per heavy atom. The molecule has 80 valence electrons. The van der Waals surface area contributed by atoms with Crippen LogP contribution in [-0.4, -0.2) is 11.8 Å². The van der Waals surface area contributed by atoms with E-state index in [9.17, 15) is 26.3 Å². The highest BCUT2D eigenvalue weighted by atomic mass is 35.5. The molecule has 0 aromatic heterocycles. The second-order valence-electron chi connectivity index (χ2n) is 1.12. The first-order chi connectivity index (χ1) is 3.71. The summed E-state index contributed by atoms with van der Waals surface area (Å²) in [7, 11) is -2.95. The molecule has 0 nitrogen and oxygen atoms in total. The Labute approximate surface area is 84.5 Å². The average Bonchev–Trinajstić information content (AvgIpc) is 1.14. The van der Waals surface area contributed by atoms with E-state index in [1.807, 2.05) is 0 Å². The van der Waals surface area contributed by atoms with E-state index in [0.29, 0.717) is 0 Å². The molecule has 0 aliphatic rings. The fraction of sp³-hybridized carbons (Fsp3) is 1.00. The Hall–Kier alpha value is 0.880. The van der Waals surface area contributed by atoms with Crippen molar-refractivity contribution in [2.45, 2.75) is 11.8 Å². The van der Waals surface area contributed by atoms with Gasteiger partial charge in [-0.2, -0.15) is 26.3 Å². The van der Waals surface area contributed by atoms with Crippen LogP contribution in [0, 0.1) is 0 Å². The molecule has 0 saturated heterocycles. The molecule has 0 unspecified atom stereocenters. The zero-order valence-electron chi connectivity index (χ0n) is 4.99. The Morgan fingerprint density at radius 2 is 0.750 bits per heavy atom. The van der Waals surface area contributed by atoms with Crippen LogP contribution in [-0.2, 0) is 0 Å². The summed E-state index contributed by atoms with van der Waals surface area (Å²) in [6.45, 7) is 0. The molecule has 0 aliphatic heterocycles. The van der Waals surface area contributed by atoms with Gasteiger partial charge in [0.1, 0.15) is 8.58 Å². The monoisotopic (exact) mass is 278 g/mol. The van der Waals surface area contributed by atoms with Crippen molar-refractivity contribution in [2.75, 3.05) is 0 Å². The predicted molar refractivity (Wildman–Crippen MR) is 42.2 cm³/mol. The van der Waals surface area contributed by atoms with Crippen molar-refractivity contribution in [2.24, 2.45) is 0 Å². The molecule has 0 atom stereocenters. The molecule has 0 aromatic rings. The lowest BCUT2D eigenvalue weighted by atomic mass is 11.5. The van der Waals surface area contributed by atoms with E-state index in [0.717, 1.165) is 0 Å². The molecule has 0 N–H and O–H groups in total. The Bertz CT molecular complexity index is 85.9. The van der Waals surface area contributed by atoms with Crippen LogP contribution in [0.2, 0.25) is 0 Å². The lowest BCUT2D eigenvalue weighted by Crippen LogP contribution is -2.08. The van der Waals surface area contributed by atoms with Crippen molar-refractivity contribution in [1.82, 2.24) is 0 Å². The van der Waals surface area contributed by atoms with E-state index in [1.54, 1.807) is 0 Å². The van der Waals surface area contributed by atoms with Gasteiger partial charge in [0.05, 0.1) is 0 Å². The van der Waals surface area contributed by atoms with Crippen molar-refractivity contribution in [3.63, 3.8) is 0 Å². The third kappa shape index (κ3) is 22.4. The maximum atomic E-state index is 10.8. The van der Waals surface area contributed by atoms with Crippen LogP contribution < -0.4 is 0 Å². The molecule has 0 amide bonds. The van der Waals surface area contributed by atoms with Crippen LogP contribution in [0.25, 0.3) is 0 Å². The molecule has 0 saturated carbocycles. The topological polar surface area (TPSA) is 0 Å². The van der Waals surface area contributed by atoms with E-state index < -0.39 is 20.4 Å². The first kappa shape index (κ1) is 23.1. The average molecular weight is 279 g/mol. The second kappa shape index (κ2) is 7.30. The standard InChI is InChI=1S/C2HF6P.3ClH/c3-1(4,5)9-2(6,7)8;;;/h9H;3*1H. The van der Waals surface area contributed by atoms with Gasteiger partial charge in [0.2, 0.25) is 0 Å². The van der Waals surface area contributed by atoms with E-state index >= 15 is 0 Å². The fourth-order valence-electron chi connectivity index (χ4n) is 0.161. The van der Waals surface area contributed by atoms with Crippen molar-refractivity contribution in [1.29, 1.82) is 0 Å². The van der Waals surface area contributed by atoms with E-state index in [1.165, 1.54) is 0 Å². The lowest BCUT2D eigenvalue weighted by Gasteiger charge is -2.07. The van der Waals surface area contributed by atoms with Gasteiger partial charge < -0.3 is 0 Å². The number of halogens is 9. The van der Waals surface area contributed by atoms with Gasteiger partial charge in [-0.05, 0) is 0 Å².